The first-order valence-corrected chi connectivity index (χ1v) is 16.8. The summed E-state index contributed by atoms with van der Waals surface area (Å²) in [6.07, 6.45) is 8.15. The Hall–Kier alpha value is -4.67. The molecule has 1 aliphatic rings. The van der Waals surface area contributed by atoms with Crippen LogP contribution in [0.5, 0.6) is 11.5 Å². The number of amidine groups is 1. The molecule has 242 valence electrons. The minimum Gasteiger partial charge on any atom is -0.490 e. The number of allylic oxidation sites excluding steroid dienone is 4. The van der Waals surface area contributed by atoms with Crippen molar-refractivity contribution in [1.29, 1.82) is 0 Å². The summed E-state index contributed by atoms with van der Waals surface area (Å²) in [5.74, 6) is -0.663. The Morgan fingerprint density at radius 2 is 1.60 bits per heavy atom. The molecule has 3 aromatic rings. The van der Waals surface area contributed by atoms with E-state index in [0.29, 0.717) is 40.4 Å². The third-order valence-corrected chi connectivity index (χ3v) is 8.50. The zero-order valence-corrected chi connectivity index (χ0v) is 28.8. The van der Waals surface area contributed by atoms with Gasteiger partial charge < -0.3 is 14.8 Å². The Morgan fingerprint density at radius 1 is 1.00 bits per heavy atom. The summed E-state index contributed by atoms with van der Waals surface area (Å²) >= 11 is 4.54. The highest BCUT2D eigenvalue weighted by molar-refractivity contribution is 9.10. The molecule has 1 heterocycles. The van der Waals surface area contributed by atoms with Crippen LogP contribution in [0.3, 0.4) is 0 Å². The molecule has 0 radical (unpaired) electrons. The largest absolute Gasteiger partial charge is 0.490 e. The molecule has 3 aromatic carbocycles. The van der Waals surface area contributed by atoms with Gasteiger partial charge in [0.15, 0.2) is 16.7 Å². The molecule has 0 aromatic heterocycles. The van der Waals surface area contributed by atoms with E-state index in [1.807, 2.05) is 74.5 Å². The molecule has 0 aliphatic carbocycles. The average Bonchev–Trinajstić information content (AvgIpc) is 3.08. The SMILES string of the molecule is C=C/C=C\C(=C/C)N1C(=O)/C(=C/c2cc(OCC)c(OCC)cc2Br)C(=O)N=C1SCC(=O)NC(c1ccccc1)c1ccccc1. The van der Waals surface area contributed by atoms with Gasteiger partial charge in [-0.2, -0.15) is 4.99 Å². The molecule has 10 heteroatoms. The van der Waals surface area contributed by atoms with Crippen molar-refractivity contribution in [3.05, 3.63) is 136 Å². The van der Waals surface area contributed by atoms with Gasteiger partial charge >= 0.3 is 0 Å². The number of hydrogen-bond acceptors (Lipinski definition) is 6. The molecule has 0 saturated heterocycles. The number of nitrogens with zero attached hydrogens (tertiary/aromatic N) is 2. The van der Waals surface area contributed by atoms with Gasteiger partial charge in [-0.15, -0.1) is 0 Å². The lowest BCUT2D eigenvalue weighted by Crippen LogP contribution is -2.42. The summed E-state index contributed by atoms with van der Waals surface area (Å²) in [6.45, 7) is 10.1. The molecule has 8 nitrogen and oxygen atoms in total. The molecule has 1 N–H and O–H groups in total. The van der Waals surface area contributed by atoms with Crippen LogP contribution in [0.2, 0.25) is 0 Å². The zero-order chi connectivity index (χ0) is 33.8. The highest BCUT2D eigenvalue weighted by Crippen LogP contribution is 2.36. The number of carbonyl (C=O) groups is 3. The molecule has 0 saturated carbocycles. The van der Waals surface area contributed by atoms with Crippen LogP contribution >= 0.6 is 27.7 Å². The Balaban J connectivity index is 1.66. The maximum Gasteiger partial charge on any atom is 0.285 e. The van der Waals surface area contributed by atoms with Crippen LogP contribution in [0.25, 0.3) is 6.08 Å². The van der Waals surface area contributed by atoms with E-state index in [4.69, 9.17) is 9.47 Å². The fourth-order valence-electron chi connectivity index (χ4n) is 4.75. The van der Waals surface area contributed by atoms with Gasteiger partial charge in [0.1, 0.15) is 5.57 Å². The van der Waals surface area contributed by atoms with Crippen LogP contribution in [-0.4, -0.2) is 46.8 Å². The standard InChI is InChI=1S/C37H36BrN3O5S/c1-5-9-20-28(6-2)41-36(44)29(21-27-22-31(45-7-3)32(46-8-4)23-30(27)38)35(43)40-37(41)47-24-33(42)39-34(25-16-12-10-13-17-25)26-18-14-11-15-19-26/h5-6,9-23,34H,1,7-8,24H2,2-4H3,(H,39,42)/b20-9-,28-6+,29-21+. The van der Waals surface area contributed by atoms with Gasteiger partial charge in [0.05, 0.1) is 25.0 Å². The first-order chi connectivity index (χ1) is 22.8. The number of halogens is 1. The highest BCUT2D eigenvalue weighted by atomic mass is 79.9. The summed E-state index contributed by atoms with van der Waals surface area (Å²) in [7, 11) is 0. The highest BCUT2D eigenvalue weighted by Gasteiger charge is 2.35. The zero-order valence-electron chi connectivity index (χ0n) is 26.4. The summed E-state index contributed by atoms with van der Waals surface area (Å²) < 4.78 is 12.1. The predicted molar refractivity (Wildman–Crippen MR) is 192 cm³/mol. The molecular formula is C37H36BrN3O5S. The summed E-state index contributed by atoms with van der Waals surface area (Å²) in [5.41, 5.74) is 2.70. The second-order valence-corrected chi connectivity index (χ2v) is 11.8. The Morgan fingerprint density at radius 3 is 2.15 bits per heavy atom. The molecule has 3 amide bonds. The number of carbonyl (C=O) groups excluding carboxylic acids is 3. The lowest BCUT2D eigenvalue weighted by atomic mass is 9.99. The maximum absolute atomic E-state index is 14.1. The molecule has 1 aliphatic heterocycles. The number of benzene rings is 3. The number of ether oxygens (including phenoxy) is 2. The predicted octanol–water partition coefficient (Wildman–Crippen LogP) is 7.64. The summed E-state index contributed by atoms with van der Waals surface area (Å²) in [4.78, 5) is 46.5. The number of thioether (sulfide) groups is 1. The lowest BCUT2D eigenvalue weighted by Gasteiger charge is -2.28. The molecule has 0 unspecified atom stereocenters. The van der Waals surface area contributed by atoms with Gasteiger partial charge in [0.2, 0.25) is 5.91 Å². The van der Waals surface area contributed by atoms with E-state index < -0.39 is 11.8 Å². The molecule has 4 rings (SSSR count). The van der Waals surface area contributed by atoms with Crippen LogP contribution in [0.4, 0.5) is 0 Å². The molecule has 0 atom stereocenters. The van der Waals surface area contributed by atoms with Gasteiger partial charge in [-0.25, -0.2) is 0 Å². The number of aliphatic imine (C=N–C) groups is 1. The maximum atomic E-state index is 14.1. The second kappa shape index (κ2) is 17.3. The Labute approximate surface area is 288 Å². The normalized spacial score (nSPS) is 14.5. The van der Waals surface area contributed by atoms with E-state index in [2.05, 4.69) is 32.8 Å². The third-order valence-electron chi connectivity index (χ3n) is 6.88. The van der Waals surface area contributed by atoms with Crippen molar-refractivity contribution in [2.75, 3.05) is 19.0 Å². The van der Waals surface area contributed by atoms with Crippen LogP contribution in [-0.2, 0) is 14.4 Å². The van der Waals surface area contributed by atoms with E-state index in [0.717, 1.165) is 22.9 Å². The van der Waals surface area contributed by atoms with Crippen molar-refractivity contribution in [2.45, 2.75) is 26.8 Å². The fourth-order valence-corrected chi connectivity index (χ4v) is 5.99. The van der Waals surface area contributed by atoms with E-state index in [9.17, 15) is 14.4 Å². The quantitative estimate of drug-likeness (QED) is 0.111. The molecule has 0 spiro atoms. The van der Waals surface area contributed by atoms with E-state index in [-0.39, 0.29) is 28.4 Å². The van der Waals surface area contributed by atoms with Gasteiger partial charge in [-0.05, 0) is 61.7 Å². The molecular weight excluding hydrogens is 678 g/mol. The van der Waals surface area contributed by atoms with Crippen LogP contribution < -0.4 is 14.8 Å². The van der Waals surface area contributed by atoms with Gasteiger partial charge in [0.25, 0.3) is 11.8 Å². The average molecular weight is 715 g/mol. The van der Waals surface area contributed by atoms with Crippen LogP contribution in [0.15, 0.2) is 124 Å². The monoisotopic (exact) mass is 713 g/mol. The minimum absolute atomic E-state index is 0.0879. The summed E-state index contributed by atoms with van der Waals surface area (Å²) in [6, 6.07) is 22.4. The second-order valence-electron chi connectivity index (χ2n) is 10.0. The minimum atomic E-state index is -0.720. The van der Waals surface area contributed by atoms with Gasteiger partial charge in [-0.1, -0.05) is 113 Å². The van der Waals surface area contributed by atoms with E-state index in [1.165, 1.54) is 11.0 Å². The van der Waals surface area contributed by atoms with Crippen molar-refractivity contribution in [2.24, 2.45) is 4.99 Å². The van der Waals surface area contributed by atoms with E-state index >= 15 is 0 Å². The van der Waals surface area contributed by atoms with Crippen molar-refractivity contribution in [3.8, 4) is 11.5 Å². The van der Waals surface area contributed by atoms with Crippen molar-refractivity contribution in [3.63, 3.8) is 0 Å². The Kier molecular flexibility index (Phi) is 13.0. The van der Waals surface area contributed by atoms with Gasteiger partial charge in [0, 0.05) is 10.2 Å². The number of amides is 3. The van der Waals surface area contributed by atoms with Crippen molar-refractivity contribution in [1.82, 2.24) is 10.2 Å². The van der Waals surface area contributed by atoms with Crippen molar-refractivity contribution >= 4 is 56.7 Å². The first kappa shape index (κ1) is 35.2. The number of rotatable bonds is 13. The number of hydrogen-bond donors (Lipinski definition) is 1. The molecule has 0 bridgehead atoms. The van der Waals surface area contributed by atoms with Crippen molar-refractivity contribution < 1.29 is 23.9 Å². The third kappa shape index (κ3) is 8.99. The summed E-state index contributed by atoms with van der Waals surface area (Å²) in [5, 5.41) is 3.19. The lowest BCUT2D eigenvalue weighted by molar-refractivity contribution is -0.126. The van der Waals surface area contributed by atoms with Crippen LogP contribution in [0, 0.1) is 0 Å². The molecule has 47 heavy (non-hydrogen) atoms. The van der Waals surface area contributed by atoms with Crippen LogP contribution in [0.1, 0.15) is 43.5 Å². The smallest absolute Gasteiger partial charge is 0.285 e. The first-order valence-electron chi connectivity index (χ1n) is 15.1. The number of nitrogens with one attached hydrogen (secondary N) is 1. The van der Waals surface area contributed by atoms with Gasteiger partial charge in [-0.3, -0.25) is 19.3 Å². The fraction of sp³-hybridized carbons (Fsp3) is 0.189. The van der Waals surface area contributed by atoms with E-state index in [1.54, 1.807) is 43.4 Å². The molecule has 0 fully saturated rings. The Bertz CT molecular complexity index is 1700. The topological polar surface area (TPSA) is 97.3 Å².